The van der Waals surface area contributed by atoms with E-state index >= 15 is 0 Å². The van der Waals surface area contributed by atoms with Crippen molar-refractivity contribution < 1.29 is 23.4 Å². The van der Waals surface area contributed by atoms with Crippen LogP contribution >= 0.6 is 0 Å². The second-order valence-electron chi connectivity index (χ2n) is 7.07. The first-order chi connectivity index (χ1) is 13.0. The number of benzene rings is 2. The van der Waals surface area contributed by atoms with E-state index in [1.807, 2.05) is 12.1 Å². The van der Waals surface area contributed by atoms with Gasteiger partial charge in [-0.2, -0.15) is 0 Å². The predicted octanol–water partition coefficient (Wildman–Crippen LogP) is 3.87. The predicted molar refractivity (Wildman–Crippen MR) is 111 cm³/mol. The Bertz CT molecular complexity index is 914. The zero-order valence-corrected chi connectivity index (χ0v) is 17.2. The summed E-state index contributed by atoms with van der Waals surface area (Å²) in [5.74, 6) is 1.18. The van der Waals surface area contributed by atoms with Crippen molar-refractivity contribution >= 4 is 9.84 Å². The van der Waals surface area contributed by atoms with Gasteiger partial charge in [-0.25, -0.2) is 8.42 Å². The van der Waals surface area contributed by atoms with Gasteiger partial charge in [-0.3, -0.25) is 0 Å². The Morgan fingerprint density at radius 2 is 1.61 bits per heavy atom. The number of likely N-dealkylation sites (N-methyl/N-ethyl adjacent to an activating group) is 1. The monoisotopic (exact) mass is 405 g/mol. The molecule has 1 fully saturated rings. The molecule has 2 aromatic carbocycles. The second kappa shape index (κ2) is 9.01. The molecule has 0 saturated carbocycles. The third-order valence-electron chi connectivity index (χ3n) is 4.34. The molecule has 1 unspecified atom stereocenters. The topological polar surface area (TPSA) is 87.1 Å². The average Bonchev–Trinajstić information content (AvgIpc) is 2.60. The fourth-order valence-corrected chi connectivity index (χ4v) is 2.94. The highest BCUT2D eigenvalue weighted by Gasteiger charge is 2.22. The van der Waals surface area contributed by atoms with Crippen molar-refractivity contribution in [2.45, 2.75) is 18.8 Å². The van der Waals surface area contributed by atoms with Crippen LogP contribution in [0.4, 0.5) is 0 Å². The maximum absolute atomic E-state index is 9.63. The van der Waals surface area contributed by atoms with Gasteiger partial charge in [-0.15, -0.1) is 0 Å². The molecule has 1 atom stereocenters. The molecule has 0 radical (unpaired) electrons. The lowest BCUT2D eigenvalue weighted by Crippen LogP contribution is -2.28. The lowest BCUT2D eigenvalue weighted by molar-refractivity contribution is 0.322. The molecule has 0 aromatic heterocycles. The molecule has 2 aromatic rings. The number of hydrogen-bond acceptors (Lipinski definition) is 6. The number of allylic oxidation sites excluding steroid dienone is 1. The molecule has 152 valence electrons. The van der Waals surface area contributed by atoms with Crippen LogP contribution in [0.3, 0.4) is 0 Å². The number of likely N-dealkylation sites (tertiary alicyclic amines) is 1. The van der Waals surface area contributed by atoms with Crippen molar-refractivity contribution in [3.05, 3.63) is 60.3 Å². The van der Waals surface area contributed by atoms with Gasteiger partial charge in [0.25, 0.3) is 0 Å². The number of aromatic hydroxyl groups is 2. The lowest BCUT2D eigenvalue weighted by Gasteiger charge is -2.34. The molecule has 2 N–H and O–H groups in total. The van der Waals surface area contributed by atoms with Crippen molar-refractivity contribution in [1.29, 1.82) is 0 Å². The third kappa shape index (κ3) is 6.49. The Morgan fingerprint density at radius 1 is 1.04 bits per heavy atom. The van der Waals surface area contributed by atoms with Crippen LogP contribution in [0.25, 0.3) is 0 Å². The van der Waals surface area contributed by atoms with Gasteiger partial charge in [0.1, 0.15) is 21.3 Å². The number of piperidine rings is 1. The summed E-state index contributed by atoms with van der Waals surface area (Å²) >= 11 is 0. The zero-order chi connectivity index (χ0) is 20.9. The Kier molecular flexibility index (Phi) is 6.96. The van der Waals surface area contributed by atoms with Crippen molar-refractivity contribution in [1.82, 2.24) is 4.90 Å². The number of phenols is 2. The minimum absolute atomic E-state index is 0.160. The first-order valence-corrected chi connectivity index (χ1v) is 11.2. The first kappa shape index (κ1) is 21.6. The summed E-state index contributed by atoms with van der Waals surface area (Å²) < 4.78 is 25.0. The van der Waals surface area contributed by atoms with Crippen molar-refractivity contribution in [2.24, 2.45) is 0 Å². The van der Waals surface area contributed by atoms with Gasteiger partial charge < -0.3 is 19.8 Å². The van der Waals surface area contributed by atoms with Gasteiger partial charge in [0.05, 0.1) is 0 Å². The van der Waals surface area contributed by atoms with Crippen LogP contribution in [-0.2, 0) is 9.84 Å². The normalized spacial score (nSPS) is 16.9. The van der Waals surface area contributed by atoms with Gasteiger partial charge in [-0.1, -0.05) is 18.7 Å². The number of sulfone groups is 1. The molecule has 0 spiro atoms. The van der Waals surface area contributed by atoms with Crippen molar-refractivity contribution in [3.8, 4) is 23.0 Å². The van der Waals surface area contributed by atoms with Crippen molar-refractivity contribution in [2.75, 3.05) is 26.1 Å². The minimum atomic E-state index is -2.67. The first-order valence-electron chi connectivity index (χ1n) is 8.89. The highest BCUT2D eigenvalue weighted by molar-refractivity contribution is 7.89. The number of rotatable bonds is 3. The number of phenolic OH excluding ortho intramolecular Hbond substituents is 2. The third-order valence-corrected chi connectivity index (χ3v) is 4.34. The standard InChI is InChI=1S/C19H21NO3.C2H6O2S/c1-13-17(4-3-11-20(13)2)14-5-7-15(8-6-14)23-16-9-10-18(21)19(22)12-16;1-5(2,3)4/h5-10,12,17,21-22H,1,3-4,11H2,2H3;1-2H3. The molecule has 28 heavy (non-hydrogen) atoms. The van der Waals surface area contributed by atoms with Gasteiger partial charge >= 0.3 is 0 Å². The fourth-order valence-electron chi connectivity index (χ4n) is 2.94. The summed E-state index contributed by atoms with van der Waals surface area (Å²) in [6.07, 6.45) is 4.61. The molecule has 6 nitrogen and oxygen atoms in total. The van der Waals surface area contributed by atoms with Gasteiger partial charge in [0.15, 0.2) is 11.5 Å². The summed E-state index contributed by atoms with van der Waals surface area (Å²) in [6.45, 7) is 5.27. The van der Waals surface area contributed by atoms with E-state index in [0.29, 0.717) is 17.4 Å². The molecule has 1 aliphatic rings. The summed E-state index contributed by atoms with van der Waals surface area (Å²) in [5.41, 5.74) is 2.40. The van der Waals surface area contributed by atoms with Gasteiger partial charge in [0, 0.05) is 43.8 Å². The highest BCUT2D eigenvalue weighted by atomic mass is 32.2. The highest BCUT2D eigenvalue weighted by Crippen LogP contribution is 2.35. The van der Waals surface area contributed by atoms with E-state index in [0.717, 1.165) is 31.2 Å². The van der Waals surface area contributed by atoms with Gasteiger partial charge in [0.2, 0.25) is 0 Å². The molecule has 1 saturated heterocycles. The molecule has 3 rings (SSSR count). The Morgan fingerprint density at radius 3 is 2.18 bits per heavy atom. The van der Waals surface area contributed by atoms with Crippen LogP contribution in [0, 0.1) is 0 Å². The Labute approximate surface area is 166 Å². The molecule has 0 bridgehead atoms. The van der Waals surface area contributed by atoms with Crippen LogP contribution in [0.5, 0.6) is 23.0 Å². The maximum Gasteiger partial charge on any atom is 0.161 e. The quantitative estimate of drug-likeness (QED) is 0.754. The van der Waals surface area contributed by atoms with E-state index in [1.165, 1.54) is 24.1 Å². The van der Waals surface area contributed by atoms with E-state index in [2.05, 4.69) is 30.7 Å². The van der Waals surface area contributed by atoms with E-state index in [-0.39, 0.29) is 11.5 Å². The van der Waals surface area contributed by atoms with E-state index in [1.54, 1.807) is 6.07 Å². The summed E-state index contributed by atoms with van der Waals surface area (Å²) in [5, 5.41) is 18.8. The van der Waals surface area contributed by atoms with E-state index in [9.17, 15) is 18.6 Å². The summed E-state index contributed by atoms with van der Waals surface area (Å²) in [7, 11) is -0.580. The molecule has 1 heterocycles. The Balaban J connectivity index is 0.000000500. The van der Waals surface area contributed by atoms with Crippen LogP contribution in [0.1, 0.15) is 24.3 Å². The molecule has 0 amide bonds. The maximum atomic E-state index is 9.63. The van der Waals surface area contributed by atoms with Crippen LogP contribution in [0.2, 0.25) is 0 Å². The lowest BCUT2D eigenvalue weighted by atomic mass is 9.88. The molecular formula is C21H27NO5S. The van der Waals surface area contributed by atoms with Crippen LogP contribution < -0.4 is 4.74 Å². The van der Waals surface area contributed by atoms with Gasteiger partial charge in [-0.05, 0) is 42.7 Å². The van der Waals surface area contributed by atoms with Crippen LogP contribution in [0.15, 0.2) is 54.7 Å². The molecule has 0 aliphatic carbocycles. The minimum Gasteiger partial charge on any atom is -0.504 e. The summed E-state index contributed by atoms with van der Waals surface area (Å²) in [6, 6.07) is 12.4. The number of hydrogen-bond donors (Lipinski definition) is 2. The Hall–Kier alpha value is -2.67. The molecule has 7 heteroatoms. The van der Waals surface area contributed by atoms with Crippen LogP contribution in [-0.4, -0.2) is 49.6 Å². The zero-order valence-electron chi connectivity index (χ0n) is 16.4. The molecule has 1 aliphatic heterocycles. The number of nitrogens with zero attached hydrogens (tertiary/aromatic N) is 1. The average molecular weight is 406 g/mol. The molecular weight excluding hydrogens is 378 g/mol. The van der Waals surface area contributed by atoms with Crippen molar-refractivity contribution in [3.63, 3.8) is 0 Å². The SMILES string of the molecule is C=C1C(c2ccc(Oc3ccc(O)c(O)c3)cc2)CCCN1C.CS(C)(=O)=O. The van der Waals surface area contributed by atoms with E-state index < -0.39 is 9.84 Å². The summed E-state index contributed by atoms with van der Waals surface area (Å²) in [4.78, 5) is 2.22. The van der Waals surface area contributed by atoms with E-state index in [4.69, 9.17) is 4.74 Å². The smallest absolute Gasteiger partial charge is 0.161 e. The fraction of sp³-hybridized carbons (Fsp3) is 0.333. The largest absolute Gasteiger partial charge is 0.504 e. The second-order valence-corrected chi connectivity index (χ2v) is 9.36. The number of ether oxygens (including phenoxy) is 1.